The van der Waals surface area contributed by atoms with Crippen LogP contribution in [-0.2, 0) is 0 Å². The van der Waals surface area contributed by atoms with Crippen molar-refractivity contribution in [2.75, 3.05) is 7.05 Å². The molecule has 4 heteroatoms. The molecule has 0 saturated carbocycles. The molecule has 17 heavy (non-hydrogen) atoms. The monoisotopic (exact) mass is 298 g/mol. The van der Waals surface area contributed by atoms with E-state index in [0.717, 1.165) is 4.47 Å². The van der Waals surface area contributed by atoms with Gasteiger partial charge in [-0.3, -0.25) is 4.79 Å². The van der Waals surface area contributed by atoms with Crippen molar-refractivity contribution in [2.24, 2.45) is 5.41 Å². The van der Waals surface area contributed by atoms with Crippen molar-refractivity contribution in [1.29, 1.82) is 0 Å². The second-order valence-corrected chi connectivity index (χ2v) is 6.15. The third kappa shape index (κ3) is 3.28. The van der Waals surface area contributed by atoms with Crippen LogP contribution in [0.1, 0.15) is 38.2 Å². The van der Waals surface area contributed by atoms with Gasteiger partial charge in [-0.2, -0.15) is 0 Å². The van der Waals surface area contributed by atoms with Crippen LogP contribution >= 0.6 is 15.9 Å². The second kappa shape index (κ2) is 5.17. The summed E-state index contributed by atoms with van der Waals surface area (Å²) < 4.78 is 0.734. The molecule has 1 atom stereocenters. The van der Waals surface area contributed by atoms with Crippen LogP contribution in [0.25, 0.3) is 0 Å². The first-order valence-corrected chi connectivity index (χ1v) is 6.42. The van der Waals surface area contributed by atoms with E-state index in [2.05, 4.69) is 48.6 Å². The lowest BCUT2D eigenvalue weighted by Gasteiger charge is -2.35. The summed E-state index contributed by atoms with van der Waals surface area (Å²) in [6, 6.07) is 3.77. The molecule has 1 heterocycles. The Bertz CT molecular complexity index is 412. The minimum atomic E-state index is -0.0556. The van der Waals surface area contributed by atoms with Gasteiger partial charge in [-0.1, -0.05) is 20.8 Å². The highest BCUT2D eigenvalue weighted by Crippen LogP contribution is 2.25. The zero-order chi connectivity index (χ0) is 13.2. The number of nitrogens with zero attached hydrogens (tertiary/aromatic N) is 2. The molecule has 1 aromatic rings. The normalized spacial score (nSPS) is 13.3. The predicted octanol–water partition coefficient (Wildman–Crippen LogP) is 3.35. The molecule has 0 aromatic carbocycles. The molecule has 0 saturated heterocycles. The fraction of sp³-hybridized carbons (Fsp3) is 0.538. The Labute approximate surface area is 111 Å². The number of hydrogen-bond acceptors (Lipinski definition) is 2. The standard InChI is InChI=1S/C13H19BrN2O/c1-9(13(2,3)4)16(5)12(17)11-10(14)7-6-8-15-11/h6-9H,1-5H3. The van der Waals surface area contributed by atoms with Crippen LogP contribution in [0.5, 0.6) is 0 Å². The van der Waals surface area contributed by atoms with E-state index in [1.54, 1.807) is 17.2 Å². The van der Waals surface area contributed by atoms with Gasteiger partial charge in [0.2, 0.25) is 0 Å². The first-order chi connectivity index (χ1) is 7.75. The Morgan fingerprint density at radius 1 is 1.47 bits per heavy atom. The smallest absolute Gasteiger partial charge is 0.273 e. The molecule has 0 N–H and O–H groups in total. The number of amides is 1. The maximum atomic E-state index is 12.3. The lowest BCUT2D eigenvalue weighted by Crippen LogP contribution is -2.43. The minimum absolute atomic E-state index is 0.0473. The molecular weight excluding hydrogens is 280 g/mol. The number of rotatable bonds is 2. The van der Waals surface area contributed by atoms with Crippen LogP contribution in [0.3, 0.4) is 0 Å². The quantitative estimate of drug-likeness (QED) is 0.839. The molecule has 0 radical (unpaired) electrons. The molecular formula is C13H19BrN2O. The maximum absolute atomic E-state index is 12.3. The van der Waals surface area contributed by atoms with E-state index in [9.17, 15) is 4.79 Å². The van der Waals surface area contributed by atoms with Crippen LogP contribution in [0.15, 0.2) is 22.8 Å². The molecule has 0 fully saturated rings. The topological polar surface area (TPSA) is 33.2 Å². The van der Waals surface area contributed by atoms with Gasteiger partial charge in [-0.15, -0.1) is 0 Å². The molecule has 0 spiro atoms. The number of pyridine rings is 1. The van der Waals surface area contributed by atoms with Gasteiger partial charge >= 0.3 is 0 Å². The number of carbonyl (C=O) groups is 1. The molecule has 0 aliphatic carbocycles. The van der Waals surface area contributed by atoms with Gasteiger partial charge in [0.05, 0.1) is 0 Å². The van der Waals surface area contributed by atoms with Gasteiger partial charge < -0.3 is 4.90 Å². The first kappa shape index (κ1) is 14.2. The molecule has 3 nitrogen and oxygen atoms in total. The molecule has 94 valence electrons. The van der Waals surface area contributed by atoms with Gasteiger partial charge in [0.25, 0.3) is 5.91 Å². The minimum Gasteiger partial charge on any atom is -0.337 e. The molecule has 1 aromatic heterocycles. The third-order valence-corrected chi connectivity index (χ3v) is 3.76. The fourth-order valence-corrected chi connectivity index (χ4v) is 1.89. The highest BCUT2D eigenvalue weighted by atomic mass is 79.9. The van der Waals surface area contributed by atoms with Gasteiger partial charge in [0.15, 0.2) is 0 Å². The Kier molecular flexibility index (Phi) is 4.31. The van der Waals surface area contributed by atoms with Crippen LogP contribution < -0.4 is 0 Å². The largest absolute Gasteiger partial charge is 0.337 e. The average Bonchev–Trinajstić information content (AvgIpc) is 2.25. The van der Waals surface area contributed by atoms with Gasteiger partial charge in [0.1, 0.15) is 5.69 Å². The predicted molar refractivity (Wildman–Crippen MR) is 72.9 cm³/mol. The summed E-state index contributed by atoms with van der Waals surface area (Å²) in [7, 11) is 1.82. The molecule has 1 unspecified atom stereocenters. The Balaban J connectivity index is 2.95. The molecule has 0 bridgehead atoms. The average molecular weight is 299 g/mol. The molecule has 0 aliphatic rings. The summed E-state index contributed by atoms with van der Waals surface area (Å²) in [5.41, 5.74) is 0.511. The van der Waals surface area contributed by atoms with E-state index >= 15 is 0 Å². The number of carbonyl (C=O) groups excluding carboxylic acids is 1. The SMILES string of the molecule is CC(N(C)C(=O)c1ncccc1Br)C(C)(C)C. The van der Waals surface area contributed by atoms with Crippen molar-refractivity contribution in [3.63, 3.8) is 0 Å². The van der Waals surface area contributed by atoms with Crippen LogP contribution in [0.2, 0.25) is 0 Å². The van der Waals surface area contributed by atoms with E-state index in [4.69, 9.17) is 0 Å². The van der Waals surface area contributed by atoms with Crippen molar-refractivity contribution < 1.29 is 4.79 Å². The van der Waals surface area contributed by atoms with E-state index in [-0.39, 0.29) is 17.4 Å². The lowest BCUT2D eigenvalue weighted by molar-refractivity contribution is 0.0622. The maximum Gasteiger partial charge on any atom is 0.273 e. The van der Waals surface area contributed by atoms with Gasteiger partial charge in [-0.25, -0.2) is 4.98 Å². The van der Waals surface area contributed by atoms with Crippen molar-refractivity contribution in [1.82, 2.24) is 9.88 Å². The van der Waals surface area contributed by atoms with Crippen LogP contribution in [-0.4, -0.2) is 28.9 Å². The Hall–Kier alpha value is -0.900. The summed E-state index contributed by atoms with van der Waals surface area (Å²) in [6.07, 6.45) is 1.63. The van der Waals surface area contributed by atoms with Crippen molar-refractivity contribution in [2.45, 2.75) is 33.7 Å². The molecule has 1 rings (SSSR count). The zero-order valence-electron chi connectivity index (χ0n) is 11.0. The van der Waals surface area contributed by atoms with Crippen molar-refractivity contribution >= 4 is 21.8 Å². The first-order valence-electron chi connectivity index (χ1n) is 5.63. The summed E-state index contributed by atoms with van der Waals surface area (Å²) in [5, 5.41) is 0. The summed E-state index contributed by atoms with van der Waals surface area (Å²) in [4.78, 5) is 18.2. The number of hydrogen-bond donors (Lipinski definition) is 0. The summed E-state index contributed by atoms with van der Waals surface area (Å²) in [5.74, 6) is -0.0556. The molecule has 1 amide bonds. The third-order valence-electron chi connectivity index (χ3n) is 3.12. The van der Waals surface area contributed by atoms with E-state index < -0.39 is 0 Å². The highest BCUT2D eigenvalue weighted by Gasteiger charge is 2.28. The van der Waals surface area contributed by atoms with Crippen LogP contribution in [0.4, 0.5) is 0 Å². The van der Waals surface area contributed by atoms with Gasteiger partial charge in [0, 0.05) is 23.8 Å². The van der Waals surface area contributed by atoms with E-state index in [0.29, 0.717) is 5.69 Å². The lowest BCUT2D eigenvalue weighted by atomic mass is 9.87. The van der Waals surface area contributed by atoms with Crippen molar-refractivity contribution in [3.05, 3.63) is 28.5 Å². The molecule has 0 aliphatic heterocycles. The van der Waals surface area contributed by atoms with Crippen LogP contribution in [0, 0.1) is 5.41 Å². The number of aromatic nitrogens is 1. The summed E-state index contributed by atoms with van der Waals surface area (Å²) in [6.45, 7) is 8.41. The summed E-state index contributed by atoms with van der Waals surface area (Å²) >= 11 is 3.35. The van der Waals surface area contributed by atoms with Crippen molar-refractivity contribution in [3.8, 4) is 0 Å². The Morgan fingerprint density at radius 3 is 2.53 bits per heavy atom. The Morgan fingerprint density at radius 2 is 2.06 bits per heavy atom. The highest BCUT2D eigenvalue weighted by molar-refractivity contribution is 9.10. The number of halogens is 1. The van der Waals surface area contributed by atoms with E-state index in [1.165, 1.54) is 0 Å². The van der Waals surface area contributed by atoms with E-state index in [1.807, 2.05) is 13.1 Å². The second-order valence-electron chi connectivity index (χ2n) is 5.29. The zero-order valence-corrected chi connectivity index (χ0v) is 12.6. The fourth-order valence-electron chi connectivity index (χ4n) is 1.47. The van der Waals surface area contributed by atoms with Gasteiger partial charge in [-0.05, 0) is 40.4 Å².